The molecule has 0 spiro atoms. The van der Waals surface area contributed by atoms with Gasteiger partial charge in [0.1, 0.15) is 0 Å². The molecule has 0 bridgehead atoms. The van der Waals surface area contributed by atoms with Crippen molar-refractivity contribution < 1.29 is 19.5 Å². The number of carboxylic acid groups (broad SMARTS) is 1. The first-order valence-corrected chi connectivity index (χ1v) is 16.2. The van der Waals surface area contributed by atoms with Crippen LogP contribution >= 0.6 is 11.3 Å². The fourth-order valence-corrected chi connectivity index (χ4v) is 6.95. The number of rotatable bonds is 11. The molecule has 1 amide bonds. The fourth-order valence-electron chi connectivity index (χ4n) is 6.11. The third-order valence-electron chi connectivity index (χ3n) is 8.40. The van der Waals surface area contributed by atoms with Crippen molar-refractivity contribution in [3.63, 3.8) is 0 Å². The van der Waals surface area contributed by atoms with Crippen molar-refractivity contribution in [2.24, 2.45) is 0 Å². The topological polar surface area (TPSA) is 130 Å². The van der Waals surface area contributed by atoms with Gasteiger partial charge in [0, 0.05) is 30.0 Å². The van der Waals surface area contributed by atoms with E-state index in [1.165, 1.54) is 20.9 Å². The van der Waals surface area contributed by atoms with Crippen LogP contribution in [0.2, 0.25) is 0 Å². The van der Waals surface area contributed by atoms with E-state index in [4.69, 9.17) is 0 Å². The van der Waals surface area contributed by atoms with Crippen LogP contribution in [0.5, 0.6) is 0 Å². The molecule has 1 aliphatic heterocycles. The average Bonchev–Trinajstić information content (AvgIpc) is 3.87. The largest absolute Gasteiger partial charge is 0.478 e. The Hall–Kier alpha value is -5.00. The molecule has 3 heterocycles. The van der Waals surface area contributed by atoms with Crippen LogP contribution in [0.3, 0.4) is 0 Å². The van der Waals surface area contributed by atoms with Gasteiger partial charge in [0.2, 0.25) is 11.8 Å². The highest BCUT2D eigenvalue weighted by molar-refractivity contribution is 7.10. The van der Waals surface area contributed by atoms with Gasteiger partial charge in [0.15, 0.2) is 11.5 Å². The first kappa shape index (κ1) is 31.0. The van der Waals surface area contributed by atoms with Gasteiger partial charge in [-0.2, -0.15) is 4.68 Å². The highest BCUT2D eigenvalue weighted by Gasteiger charge is 2.51. The maximum Gasteiger partial charge on any atom is 0.344 e. The second-order valence-corrected chi connectivity index (χ2v) is 12.3. The third-order valence-corrected chi connectivity index (χ3v) is 9.33. The number of benzene rings is 3. The molecule has 5 aromatic rings. The second kappa shape index (κ2) is 13.6. The number of hydrogen-bond acceptors (Lipinski definition) is 8. The molecule has 0 radical (unpaired) electrons. The van der Waals surface area contributed by atoms with Crippen molar-refractivity contribution in [1.29, 1.82) is 0 Å². The molecule has 1 fully saturated rings. The SMILES string of the molecule is CCCC(=O)n1nnnc1-c1ccccc1-c1ccc(CNC2(C(=O)O)CCCN2C(=O)C(c2ccccc2)c2cccs2)cc1. The Morgan fingerprint density at radius 1 is 0.957 bits per heavy atom. The van der Waals surface area contributed by atoms with Crippen molar-refractivity contribution >= 4 is 29.1 Å². The number of hydrogen-bond donors (Lipinski definition) is 2. The molecule has 1 aliphatic rings. The number of carbonyl (C=O) groups excluding carboxylic acids is 2. The summed E-state index contributed by atoms with van der Waals surface area (Å²) in [6, 6.07) is 28.7. The van der Waals surface area contributed by atoms with Gasteiger partial charge in [-0.1, -0.05) is 91.9 Å². The third kappa shape index (κ3) is 5.99. The number of tetrazole rings is 1. The van der Waals surface area contributed by atoms with Gasteiger partial charge in [-0.15, -0.1) is 16.4 Å². The minimum absolute atomic E-state index is 0.170. The Bertz CT molecular complexity index is 1820. The maximum absolute atomic E-state index is 14.2. The smallest absolute Gasteiger partial charge is 0.344 e. The summed E-state index contributed by atoms with van der Waals surface area (Å²) in [5.41, 5.74) is 2.64. The van der Waals surface area contributed by atoms with E-state index in [0.717, 1.165) is 32.7 Å². The van der Waals surface area contributed by atoms with Gasteiger partial charge in [-0.3, -0.25) is 14.9 Å². The van der Waals surface area contributed by atoms with E-state index < -0.39 is 17.6 Å². The summed E-state index contributed by atoms with van der Waals surface area (Å²) in [4.78, 5) is 42.1. The number of nitrogens with zero attached hydrogens (tertiary/aromatic N) is 5. The van der Waals surface area contributed by atoms with E-state index in [2.05, 4.69) is 20.8 Å². The number of nitrogens with one attached hydrogen (secondary N) is 1. The monoisotopic (exact) mass is 634 g/mol. The van der Waals surface area contributed by atoms with Gasteiger partial charge < -0.3 is 10.0 Å². The Labute approximate surface area is 270 Å². The molecule has 6 rings (SSSR count). The van der Waals surface area contributed by atoms with Crippen molar-refractivity contribution in [2.75, 3.05) is 6.54 Å². The van der Waals surface area contributed by atoms with Crippen LogP contribution in [0.25, 0.3) is 22.5 Å². The molecule has 46 heavy (non-hydrogen) atoms. The summed E-state index contributed by atoms with van der Waals surface area (Å²) < 4.78 is 1.25. The molecular weight excluding hydrogens is 600 g/mol. The summed E-state index contributed by atoms with van der Waals surface area (Å²) in [5.74, 6) is -1.68. The van der Waals surface area contributed by atoms with Gasteiger partial charge in [-0.25, -0.2) is 4.79 Å². The standard InChI is InChI=1S/C35H34N6O4S/c1-2-10-30(42)41-32(37-38-39-41)28-14-7-6-13-27(28)25-18-16-24(17-19-25)23-36-35(34(44)45)20-9-21-40(35)33(43)31(29-15-8-22-46-29)26-11-4-3-5-12-26/h3-8,11-19,22,31,36H,2,9-10,20-21,23H2,1H3,(H,44,45). The number of carboxylic acids is 1. The molecule has 3 aromatic carbocycles. The van der Waals surface area contributed by atoms with Crippen molar-refractivity contribution in [2.45, 2.75) is 50.7 Å². The summed E-state index contributed by atoms with van der Waals surface area (Å²) >= 11 is 1.49. The number of aliphatic carboxylic acids is 1. The Balaban J connectivity index is 1.24. The molecule has 11 heteroatoms. The number of carbonyl (C=O) groups is 3. The molecular formula is C35H34N6O4S. The molecule has 0 aliphatic carbocycles. The predicted octanol–water partition coefficient (Wildman–Crippen LogP) is 5.83. The molecule has 2 unspecified atom stereocenters. The first-order chi connectivity index (χ1) is 22.4. The van der Waals surface area contributed by atoms with E-state index in [1.54, 1.807) is 0 Å². The zero-order valence-corrected chi connectivity index (χ0v) is 26.2. The highest BCUT2D eigenvalue weighted by atomic mass is 32.1. The Kier molecular flexibility index (Phi) is 9.13. The molecule has 2 atom stereocenters. The fraction of sp³-hybridized carbons (Fsp3) is 0.257. The summed E-state index contributed by atoms with van der Waals surface area (Å²) in [5, 5.41) is 27.6. The second-order valence-electron chi connectivity index (χ2n) is 11.3. The number of thiophene rings is 1. The van der Waals surface area contributed by atoms with Crippen LogP contribution < -0.4 is 5.32 Å². The molecule has 10 nitrogen and oxygen atoms in total. The lowest BCUT2D eigenvalue weighted by atomic mass is 9.94. The first-order valence-electron chi connectivity index (χ1n) is 15.3. The zero-order valence-electron chi connectivity index (χ0n) is 25.4. The van der Waals surface area contributed by atoms with Crippen LogP contribution in [0.4, 0.5) is 0 Å². The minimum Gasteiger partial charge on any atom is -0.478 e. The van der Waals surface area contributed by atoms with Gasteiger partial charge >= 0.3 is 5.97 Å². The van der Waals surface area contributed by atoms with Crippen LogP contribution in [0.1, 0.15) is 59.3 Å². The van der Waals surface area contributed by atoms with Crippen molar-refractivity contribution in [1.82, 2.24) is 30.4 Å². The number of aromatic nitrogens is 4. The molecule has 2 N–H and O–H groups in total. The molecule has 1 saturated heterocycles. The normalized spacial score (nSPS) is 16.8. The lowest BCUT2D eigenvalue weighted by Gasteiger charge is -2.37. The summed E-state index contributed by atoms with van der Waals surface area (Å²) in [6.45, 7) is 2.53. The van der Waals surface area contributed by atoms with E-state index >= 15 is 0 Å². The van der Waals surface area contributed by atoms with Crippen LogP contribution in [-0.4, -0.2) is 60.2 Å². The molecule has 0 saturated carbocycles. The lowest BCUT2D eigenvalue weighted by Crippen LogP contribution is -2.62. The zero-order chi connectivity index (χ0) is 32.1. The maximum atomic E-state index is 14.2. The van der Waals surface area contributed by atoms with Crippen LogP contribution in [0, 0.1) is 0 Å². The number of likely N-dealkylation sites (tertiary alicyclic amines) is 1. The average molecular weight is 635 g/mol. The van der Waals surface area contributed by atoms with E-state index in [-0.39, 0.29) is 18.4 Å². The quantitative estimate of drug-likeness (QED) is 0.174. The van der Waals surface area contributed by atoms with Gasteiger partial charge in [0.05, 0.1) is 5.92 Å². The highest BCUT2D eigenvalue weighted by Crippen LogP contribution is 2.37. The van der Waals surface area contributed by atoms with E-state index in [9.17, 15) is 19.5 Å². The Morgan fingerprint density at radius 3 is 2.39 bits per heavy atom. The van der Waals surface area contributed by atoms with Crippen LogP contribution in [-0.2, 0) is 16.1 Å². The van der Waals surface area contributed by atoms with Gasteiger partial charge in [-0.05, 0) is 63.4 Å². The van der Waals surface area contributed by atoms with Crippen molar-refractivity contribution in [3.05, 3.63) is 112 Å². The number of amides is 1. The summed E-state index contributed by atoms with van der Waals surface area (Å²) in [6.07, 6.45) is 1.90. The van der Waals surface area contributed by atoms with E-state index in [1.807, 2.05) is 103 Å². The molecule has 234 valence electrons. The molecule has 2 aromatic heterocycles. The lowest BCUT2D eigenvalue weighted by molar-refractivity contribution is -0.159. The van der Waals surface area contributed by atoms with Gasteiger partial charge in [0.25, 0.3) is 0 Å². The van der Waals surface area contributed by atoms with Crippen molar-refractivity contribution in [3.8, 4) is 22.5 Å². The summed E-state index contributed by atoms with van der Waals surface area (Å²) in [7, 11) is 0. The predicted molar refractivity (Wildman–Crippen MR) is 175 cm³/mol. The Morgan fingerprint density at radius 2 is 1.70 bits per heavy atom. The van der Waals surface area contributed by atoms with Crippen LogP contribution in [0.15, 0.2) is 96.4 Å². The minimum atomic E-state index is -1.53. The van der Waals surface area contributed by atoms with E-state index in [0.29, 0.717) is 38.1 Å².